The van der Waals surface area contributed by atoms with Crippen LogP contribution in [-0.4, -0.2) is 14.5 Å². The van der Waals surface area contributed by atoms with E-state index in [4.69, 9.17) is 0 Å². The summed E-state index contributed by atoms with van der Waals surface area (Å²) < 4.78 is 2.19. The summed E-state index contributed by atoms with van der Waals surface area (Å²) >= 11 is 1.75. The van der Waals surface area contributed by atoms with E-state index in [1.165, 1.54) is 10.6 Å². The molecule has 0 aromatic carbocycles. The van der Waals surface area contributed by atoms with Crippen molar-refractivity contribution in [3.63, 3.8) is 0 Å². The fourth-order valence-corrected chi connectivity index (χ4v) is 2.65. The predicted molar refractivity (Wildman–Crippen MR) is 74.7 cm³/mol. The first kappa shape index (κ1) is 13.2. The van der Waals surface area contributed by atoms with E-state index >= 15 is 0 Å². The highest BCUT2D eigenvalue weighted by molar-refractivity contribution is 7.11. The molecule has 0 aliphatic rings. The van der Waals surface area contributed by atoms with Crippen molar-refractivity contribution in [1.82, 2.24) is 19.9 Å². The summed E-state index contributed by atoms with van der Waals surface area (Å²) in [6.07, 6.45) is 5.74. The third kappa shape index (κ3) is 2.97. The second-order valence-corrected chi connectivity index (χ2v) is 6.06. The lowest BCUT2D eigenvalue weighted by Gasteiger charge is -2.14. The first-order valence-electron chi connectivity index (χ1n) is 6.24. The van der Waals surface area contributed by atoms with Crippen molar-refractivity contribution in [2.45, 2.75) is 46.3 Å². The van der Waals surface area contributed by atoms with Gasteiger partial charge in [-0.25, -0.2) is 9.97 Å². The number of nitrogens with one attached hydrogen (secondary N) is 1. The van der Waals surface area contributed by atoms with Crippen LogP contribution in [0.1, 0.15) is 48.4 Å². The Hall–Kier alpha value is -1.20. The van der Waals surface area contributed by atoms with Gasteiger partial charge in [0.25, 0.3) is 0 Å². The summed E-state index contributed by atoms with van der Waals surface area (Å²) in [5.74, 6) is 0. The molecule has 2 aromatic heterocycles. The molecule has 1 atom stereocenters. The summed E-state index contributed by atoms with van der Waals surface area (Å²) in [5, 5.41) is 4.64. The van der Waals surface area contributed by atoms with Gasteiger partial charge in [0.05, 0.1) is 18.1 Å². The van der Waals surface area contributed by atoms with Gasteiger partial charge in [-0.15, -0.1) is 11.3 Å². The van der Waals surface area contributed by atoms with Crippen LogP contribution < -0.4 is 5.32 Å². The summed E-state index contributed by atoms with van der Waals surface area (Å²) in [6.45, 7) is 9.38. The molecule has 0 fully saturated rings. The first-order chi connectivity index (χ1) is 8.58. The number of rotatable bonds is 5. The van der Waals surface area contributed by atoms with Gasteiger partial charge in [0.1, 0.15) is 5.01 Å². The van der Waals surface area contributed by atoms with Crippen LogP contribution in [0.5, 0.6) is 0 Å². The van der Waals surface area contributed by atoms with Crippen LogP contribution in [0.15, 0.2) is 18.7 Å². The molecule has 1 N–H and O–H groups in total. The van der Waals surface area contributed by atoms with Crippen LogP contribution in [0.4, 0.5) is 0 Å². The molecule has 18 heavy (non-hydrogen) atoms. The molecule has 0 spiro atoms. The Morgan fingerprint density at radius 1 is 1.33 bits per heavy atom. The molecule has 0 radical (unpaired) electrons. The fraction of sp³-hybridized carbons (Fsp3) is 0.538. The number of aryl methyl sites for hydroxylation is 1. The zero-order valence-electron chi connectivity index (χ0n) is 11.3. The highest BCUT2D eigenvalue weighted by atomic mass is 32.1. The maximum atomic E-state index is 4.41. The number of hydrogen-bond donors (Lipinski definition) is 1. The van der Waals surface area contributed by atoms with Crippen molar-refractivity contribution in [1.29, 1.82) is 0 Å². The Labute approximate surface area is 112 Å². The minimum Gasteiger partial charge on any atom is -0.331 e. The third-order valence-electron chi connectivity index (χ3n) is 2.90. The van der Waals surface area contributed by atoms with Gasteiger partial charge in [-0.05, 0) is 27.7 Å². The standard InChI is InChI=1S/C13H20N4S/c1-9(2)17-8-14-6-12(17)7-15-11(4)13-16-5-10(3)18-13/h5-6,8-9,11,15H,7H2,1-4H3. The van der Waals surface area contributed by atoms with Crippen LogP contribution in [-0.2, 0) is 6.54 Å². The van der Waals surface area contributed by atoms with E-state index in [1.807, 2.05) is 18.7 Å². The quantitative estimate of drug-likeness (QED) is 0.902. The minimum atomic E-state index is 0.277. The molecule has 98 valence electrons. The monoisotopic (exact) mass is 264 g/mol. The van der Waals surface area contributed by atoms with E-state index in [-0.39, 0.29) is 6.04 Å². The van der Waals surface area contributed by atoms with Gasteiger partial charge in [-0.2, -0.15) is 0 Å². The molecule has 5 heteroatoms. The Kier molecular flexibility index (Phi) is 4.14. The second-order valence-electron chi connectivity index (χ2n) is 4.80. The van der Waals surface area contributed by atoms with Crippen LogP contribution in [0.2, 0.25) is 0 Å². The SMILES string of the molecule is Cc1cnc(C(C)NCc2cncn2C(C)C)s1. The Bertz CT molecular complexity index is 501. The van der Waals surface area contributed by atoms with Gasteiger partial charge in [0, 0.05) is 29.9 Å². The normalized spacial score (nSPS) is 13.2. The molecular formula is C13H20N4S. The highest BCUT2D eigenvalue weighted by Crippen LogP contribution is 2.19. The van der Waals surface area contributed by atoms with Crippen molar-refractivity contribution in [3.8, 4) is 0 Å². The molecule has 0 bridgehead atoms. The van der Waals surface area contributed by atoms with E-state index in [0.29, 0.717) is 6.04 Å². The third-order valence-corrected chi connectivity index (χ3v) is 4.00. The average molecular weight is 264 g/mol. The number of hydrogen-bond acceptors (Lipinski definition) is 4. The molecule has 1 unspecified atom stereocenters. The van der Waals surface area contributed by atoms with Crippen molar-refractivity contribution < 1.29 is 0 Å². The molecule has 2 aromatic rings. The lowest BCUT2D eigenvalue weighted by atomic mass is 10.3. The maximum absolute atomic E-state index is 4.41. The van der Waals surface area contributed by atoms with E-state index in [1.54, 1.807) is 11.3 Å². The Morgan fingerprint density at radius 2 is 2.11 bits per heavy atom. The highest BCUT2D eigenvalue weighted by Gasteiger charge is 2.11. The Balaban J connectivity index is 1.97. The minimum absolute atomic E-state index is 0.277. The second kappa shape index (κ2) is 5.63. The summed E-state index contributed by atoms with van der Waals surface area (Å²) in [5.41, 5.74) is 1.21. The Morgan fingerprint density at radius 3 is 2.72 bits per heavy atom. The molecule has 4 nitrogen and oxygen atoms in total. The maximum Gasteiger partial charge on any atom is 0.109 e. The molecule has 0 aliphatic heterocycles. The lowest BCUT2D eigenvalue weighted by Crippen LogP contribution is -2.20. The zero-order valence-corrected chi connectivity index (χ0v) is 12.2. The van der Waals surface area contributed by atoms with E-state index in [9.17, 15) is 0 Å². The van der Waals surface area contributed by atoms with Crippen LogP contribution in [0.3, 0.4) is 0 Å². The first-order valence-corrected chi connectivity index (χ1v) is 7.06. The van der Waals surface area contributed by atoms with Crippen molar-refractivity contribution in [2.24, 2.45) is 0 Å². The molecule has 0 saturated carbocycles. The molecule has 2 rings (SSSR count). The summed E-state index contributed by atoms with van der Waals surface area (Å²) in [6, 6.07) is 0.723. The van der Waals surface area contributed by atoms with Gasteiger partial charge >= 0.3 is 0 Å². The van der Waals surface area contributed by atoms with Crippen LogP contribution >= 0.6 is 11.3 Å². The lowest BCUT2D eigenvalue weighted by molar-refractivity contribution is 0.517. The zero-order chi connectivity index (χ0) is 13.1. The van der Waals surface area contributed by atoms with Crippen molar-refractivity contribution >= 4 is 11.3 Å². The molecule has 0 amide bonds. The largest absolute Gasteiger partial charge is 0.331 e. The van der Waals surface area contributed by atoms with Gasteiger partial charge < -0.3 is 9.88 Å². The molecule has 0 saturated heterocycles. The molecular weight excluding hydrogens is 244 g/mol. The topological polar surface area (TPSA) is 42.7 Å². The van der Waals surface area contributed by atoms with Crippen molar-refractivity contribution in [2.75, 3.05) is 0 Å². The summed E-state index contributed by atoms with van der Waals surface area (Å²) in [7, 11) is 0. The smallest absolute Gasteiger partial charge is 0.109 e. The summed E-state index contributed by atoms with van der Waals surface area (Å²) in [4.78, 5) is 9.87. The molecule has 0 aliphatic carbocycles. The number of aromatic nitrogens is 3. The average Bonchev–Trinajstić information content (AvgIpc) is 2.94. The van der Waals surface area contributed by atoms with Crippen LogP contribution in [0, 0.1) is 6.92 Å². The van der Waals surface area contributed by atoms with E-state index in [2.05, 4.69) is 47.5 Å². The molecule has 2 heterocycles. The van der Waals surface area contributed by atoms with E-state index in [0.717, 1.165) is 11.6 Å². The number of nitrogens with zero attached hydrogens (tertiary/aromatic N) is 3. The predicted octanol–water partition coefficient (Wildman–Crippen LogP) is 3.08. The van der Waals surface area contributed by atoms with Gasteiger partial charge in [0.2, 0.25) is 0 Å². The number of thiazole rings is 1. The van der Waals surface area contributed by atoms with Gasteiger partial charge in [0.15, 0.2) is 0 Å². The van der Waals surface area contributed by atoms with Crippen LogP contribution in [0.25, 0.3) is 0 Å². The van der Waals surface area contributed by atoms with Crippen molar-refractivity contribution in [3.05, 3.63) is 34.3 Å². The number of imidazole rings is 1. The fourth-order valence-electron chi connectivity index (χ4n) is 1.85. The van der Waals surface area contributed by atoms with Gasteiger partial charge in [-0.3, -0.25) is 0 Å². The van der Waals surface area contributed by atoms with Gasteiger partial charge in [-0.1, -0.05) is 0 Å². The van der Waals surface area contributed by atoms with E-state index < -0.39 is 0 Å².